The van der Waals surface area contributed by atoms with E-state index in [-0.39, 0.29) is 0 Å². The van der Waals surface area contributed by atoms with Crippen molar-refractivity contribution in [3.63, 3.8) is 0 Å². The topological polar surface area (TPSA) is 27.3 Å². The van der Waals surface area contributed by atoms with E-state index in [0.717, 1.165) is 26.2 Å². The molecule has 0 saturated carbocycles. The van der Waals surface area contributed by atoms with Crippen LogP contribution in [0.1, 0.15) is 0 Å². The quantitative estimate of drug-likeness (QED) is 0.475. The van der Waals surface area contributed by atoms with E-state index in [2.05, 4.69) is 10.6 Å². The lowest BCUT2D eigenvalue weighted by Gasteiger charge is -2.11. The zero-order valence-electron chi connectivity index (χ0n) is 7.28. The van der Waals surface area contributed by atoms with Crippen LogP contribution in [0.4, 0.5) is 0 Å². The lowest BCUT2D eigenvalue weighted by atomic mass is 10.4. The molecule has 1 saturated heterocycles. The highest BCUT2D eigenvalue weighted by Crippen LogP contribution is 1.65. The lowest BCUT2D eigenvalue weighted by Crippen LogP contribution is -2.39. The molecule has 0 aromatic carbocycles. The first-order valence-corrected chi connectivity index (χ1v) is 3.76. The van der Waals surface area contributed by atoms with Gasteiger partial charge in [-0.25, -0.2) is 0 Å². The molecule has 0 bridgehead atoms. The summed E-state index contributed by atoms with van der Waals surface area (Å²) in [6.45, 7) is 4.56. The van der Waals surface area contributed by atoms with Crippen LogP contribution in [0.25, 0.3) is 0 Å². The van der Waals surface area contributed by atoms with Crippen molar-refractivity contribution in [2.45, 2.75) is 0 Å². The van der Waals surface area contributed by atoms with E-state index in [9.17, 15) is 0 Å². The van der Waals surface area contributed by atoms with Crippen molar-refractivity contribution in [2.24, 2.45) is 0 Å². The van der Waals surface area contributed by atoms with Crippen molar-refractivity contribution >= 4 is 0 Å². The maximum Gasteiger partial charge on any atom is 0.00772 e. The summed E-state index contributed by atoms with van der Waals surface area (Å²) in [5.41, 5.74) is 0. The number of piperazine rings is 1. The van der Waals surface area contributed by atoms with Crippen molar-refractivity contribution in [1.82, 2.24) is 15.5 Å². The monoisotopic (exact) mass is 145 g/mol. The molecular formula is C7H19N3. The van der Waals surface area contributed by atoms with Crippen LogP contribution in [0.2, 0.25) is 0 Å². The van der Waals surface area contributed by atoms with Gasteiger partial charge in [-0.3, -0.25) is 0 Å². The average molecular weight is 145 g/mol. The summed E-state index contributed by atoms with van der Waals surface area (Å²) in [5.74, 6) is 0. The van der Waals surface area contributed by atoms with Crippen LogP contribution < -0.4 is 10.6 Å². The summed E-state index contributed by atoms with van der Waals surface area (Å²) in [5, 5.41) is 6.44. The Morgan fingerprint density at radius 1 is 0.800 bits per heavy atom. The molecule has 0 aliphatic carbocycles. The average Bonchev–Trinajstić information content (AvgIpc) is 1.90. The highest BCUT2D eigenvalue weighted by atomic mass is 15.0. The maximum atomic E-state index is 3.22. The molecule has 0 amide bonds. The highest BCUT2D eigenvalue weighted by molar-refractivity contribution is 4.59. The van der Waals surface area contributed by atoms with Crippen molar-refractivity contribution in [2.75, 3.05) is 47.3 Å². The van der Waals surface area contributed by atoms with Crippen LogP contribution in [0.3, 0.4) is 0 Å². The van der Waals surface area contributed by atoms with Gasteiger partial charge in [0.25, 0.3) is 0 Å². The van der Waals surface area contributed by atoms with Gasteiger partial charge in [0.05, 0.1) is 0 Å². The van der Waals surface area contributed by atoms with Crippen molar-refractivity contribution in [3.8, 4) is 0 Å². The first-order valence-electron chi connectivity index (χ1n) is 3.76. The van der Waals surface area contributed by atoms with Gasteiger partial charge in [0.1, 0.15) is 0 Å². The second-order valence-corrected chi connectivity index (χ2v) is 2.84. The smallest absolute Gasteiger partial charge is 0.00772 e. The molecule has 1 aliphatic heterocycles. The highest BCUT2D eigenvalue weighted by Gasteiger charge is 1.91. The summed E-state index contributed by atoms with van der Waals surface area (Å²) in [4.78, 5) is 2.00. The maximum absolute atomic E-state index is 3.22. The van der Waals surface area contributed by atoms with E-state index in [1.807, 2.05) is 26.0 Å². The van der Waals surface area contributed by atoms with Crippen molar-refractivity contribution in [1.29, 1.82) is 0 Å². The van der Waals surface area contributed by atoms with E-state index in [1.54, 1.807) is 0 Å². The molecule has 0 atom stereocenters. The molecular weight excluding hydrogens is 126 g/mol. The third-order valence-electron chi connectivity index (χ3n) is 0.957. The standard InChI is InChI=1S/C4H10N2.C3H9N/c1-2-6-4-3-5-1;1-4(2)3/h5-6H,1-4H2;1-3H3. The van der Waals surface area contributed by atoms with Crippen molar-refractivity contribution in [3.05, 3.63) is 0 Å². The van der Waals surface area contributed by atoms with Crippen LogP contribution in [0, 0.1) is 0 Å². The molecule has 3 nitrogen and oxygen atoms in total. The Morgan fingerprint density at radius 2 is 1.00 bits per heavy atom. The largest absolute Gasteiger partial charge is 0.314 e. The molecule has 0 spiro atoms. The van der Waals surface area contributed by atoms with Crippen LogP contribution in [-0.2, 0) is 0 Å². The molecule has 10 heavy (non-hydrogen) atoms. The Bertz CT molecular complexity index is 45.6. The summed E-state index contributed by atoms with van der Waals surface area (Å²) in [6.07, 6.45) is 0. The molecule has 0 unspecified atom stereocenters. The van der Waals surface area contributed by atoms with Gasteiger partial charge < -0.3 is 15.5 Å². The number of rotatable bonds is 0. The van der Waals surface area contributed by atoms with E-state index >= 15 is 0 Å². The molecule has 1 fully saturated rings. The van der Waals surface area contributed by atoms with Gasteiger partial charge in [-0.05, 0) is 21.1 Å². The van der Waals surface area contributed by atoms with E-state index < -0.39 is 0 Å². The molecule has 1 aliphatic rings. The number of hydrogen-bond donors (Lipinski definition) is 2. The Balaban J connectivity index is 0.000000180. The van der Waals surface area contributed by atoms with Gasteiger partial charge in [-0.2, -0.15) is 0 Å². The fraction of sp³-hybridized carbons (Fsp3) is 1.00. The van der Waals surface area contributed by atoms with E-state index in [0.29, 0.717) is 0 Å². The van der Waals surface area contributed by atoms with Gasteiger partial charge in [0.15, 0.2) is 0 Å². The summed E-state index contributed by atoms with van der Waals surface area (Å²) >= 11 is 0. The summed E-state index contributed by atoms with van der Waals surface area (Å²) < 4.78 is 0. The van der Waals surface area contributed by atoms with Gasteiger partial charge in [0.2, 0.25) is 0 Å². The number of hydrogen-bond acceptors (Lipinski definition) is 3. The SMILES string of the molecule is C1CNCCN1.CN(C)C. The minimum Gasteiger partial charge on any atom is -0.314 e. The third-order valence-corrected chi connectivity index (χ3v) is 0.957. The Kier molecular flexibility index (Phi) is 6.91. The Labute approximate surface area is 63.8 Å². The second-order valence-electron chi connectivity index (χ2n) is 2.84. The van der Waals surface area contributed by atoms with Gasteiger partial charge in [0, 0.05) is 26.2 Å². The minimum atomic E-state index is 1.14. The third kappa shape index (κ3) is 10.8. The van der Waals surface area contributed by atoms with Crippen LogP contribution >= 0.6 is 0 Å². The zero-order valence-corrected chi connectivity index (χ0v) is 7.28. The zero-order chi connectivity index (χ0) is 7.82. The second kappa shape index (κ2) is 6.99. The normalized spacial score (nSPS) is 18.0. The molecule has 0 aromatic heterocycles. The Morgan fingerprint density at radius 3 is 1.10 bits per heavy atom. The lowest BCUT2D eigenvalue weighted by molar-refractivity contribution is 0.505. The van der Waals surface area contributed by atoms with Crippen LogP contribution in [0.15, 0.2) is 0 Å². The molecule has 2 N–H and O–H groups in total. The van der Waals surface area contributed by atoms with Crippen LogP contribution in [-0.4, -0.2) is 52.2 Å². The summed E-state index contributed by atoms with van der Waals surface area (Å²) in [7, 11) is 6.00. The fourth-order valence-electron chi connectivity index (χ4n) is 0.604. The van der Waals surface area contributed by atoms with Crippen LogP contribution in [0.5, 0.6) is 0 Å². The first kappa shape index (κ1) is 9.88. The van der Waals surface area contributed by atoms with E-state index in [1.165, 1.54) is 0 Å². The van der Waals surface area contributed by atoms with Gasteiger partial charge >= 0.3 is 0 Å². The van der Waals surface area contributed by atoms with Gasteiger partial charge in [-0.1, -0.05) is 0 Å². The van der Waals surface area contributed by atoms with E-state index in [4.69, 9.17) is 0 Å². The molecule has 1 heterocycles. The number of nitrogens with zero attached hydrogens (tertiary/aromatic N) is 1. The number of nitrogens with one attached hydrogen (secondary N) is 2. The summed E-state index contributed by atoms with van der Waals surface area (Å²) in [6, 6.07) is 0. The molecule has 0 aromatic rings. The Hall–Kier alpha value is -0.120. The molecule has 1 rings (SSSR count). The minimum absolute atomic E-state index is 1.14. The van der Waals surface area contributed by atoms with Crippen molar-refractivity contribution < 1.29 is 0 Å². The molecule has 62 valence electrons. The fourth-order valence-corrected chi connectivity index (χ4v) is 0.604. The van der Waals surface area contributed by atoms with Gasteiger partial charge in [-0.15, -0.1) is 0 Å². The first-order chi connectivity index (χ1) is 4.73. The predicted molar refractivity (Wildman–Crippen MR) is 45.4 cm³/mol. The molecule has 0 radical (unpaired) electrons. The molecule has 3 heteroatoms. The predicted octanol–water partition coefficient (Wildman–Crippen LogP) is -0.643.